The number of nitrogens with zero attached hydrogens (tertiary/aromatic N) is 3. The monoisotopic (exact) mass is 353 g/mol. The Kier molecular flexibility index (Phi) is 4.14. The van der Waals surface area contributed by atoms with E-state index in [2.05, 4.69) is 4.98 Å². The predicted octanol–water partition coefficient (Wildman–Crippen LogP) is 1.05. The molecule has 1 saturated heterocycles. The molecule has 1 aliphatic rings. The SMILES string of the molecule is Cn1cnc(S(=O)(=O)N2CC(C(=O)O)C(c3ccc(F)cc3)C2)c1. The summed E-state index contributed by atoms with van der Waals surface area (Å²) in [5.41, 5.74) is 0.600. The molecular weight excluding hydrogens is 337 g/mol. The number of aryl methyl sites for hydroxylation is 1. The highest BCUT2D eigenvalue weighted by Crippen LogP contribution is 2.35. The molecule has 1 aliphatic heterocycles. The highest BCUT2D eigenvalue weighted by Gasteiger charge is 2.44. The minimum atomic E-state index is -3.87. The number of hydrogen-bond donors (Lipinski definition) is 1. The maximum absolute atomic E-state index is 13.1. The predicted molar refractivity (Wildman–Crippen MR) is 82.2 cm³/mol. The minimum absolute atomic E-state index is 0.0154. The van der Waals surface area contributed by atoms with Gasteiger partial charge in [0.2, 0.25) is 0 Å². The molecule has 0 saturated carbocycles. The van der Waals surface area contributed by atoms with Crippen LogP contribution >= 0.6 is 0 Å². The highest BCUT2D eigenvalue weighted by atomic mass is 32.2. The van der Waals surface area contributed by atoms with Gasteiger partial charge < -0.3 is 9.67 Å². The summed E-state index contributed by atoms with van der Waals surface area (Å²) in [5.74, 6) is -2.94. The van der Waals surface area contributed by atoms with Gasteiger partial charge in [-0.2, -0.15) is 4.31 Å². The Morgan fingerprint density at radius 1 is 1.29 bits per heavy atom. The summed E-state index contributed by atoms with van der Waals surface area (Å²) >= 11 is 0. The van der Waals surface area contributed by atoms with E-state index in [0.29, 0.717) is 5.56 Å². The lowest BCUT2D eigenvalue weighted by molar-refractivity contribution is -0.141. The fraction of sp³-hybridized carbons (Fsp3) is 0.333. The molecule has 1 aromatic carbocycles. The molecule has 0 amide bonds. The van der Waals surface area contributed by atoms with Crippen LogP contribution in [0.5, 0.6) is 0 Å². The lowest BCUT2D eigenvalue weighted by Crippen LogP contribution is -2.30. The molecule has 0 bridgehead atoms. The molecule has 24 heavy (non-hydrogen) atoms. The minimum Gasteiger partial charge on any atom is -0.481 e. The van der Waals surface area contributed by atoms with Gasteiger partial charge in [-0.1, -0.05) is 12.1 Å². The molecule has 7 nitrogen and oxygen atoms in total. The average molecular weight is 353 g/mol. The van der Waals surface area contributed by atoms with Gasteiger partial charge in [0, 0.05) is 32.3 Å². The number of halogens is 1. The Bertz CT molecular complexity index is 863. The first-order valence-electron chi connectivity index (χ1n) is 7.25. The first-order valence-corrected chi connectivity index (χ1v) is 8.69. The van der Waals surface area contributed by atoms with Crippen LogP contribution in [0.4, 0.5) is 4.39 Å². The van der Waals surface area contributed by atoms with Crippen LogP contribution in [0.2, 0.25) is 0 Å². The average Bonchev–Trinajstić information content (AvgIpc) is 3.15. The van der Waals surface area contributed by atoms with Crippen molar-refractivity contribution in [1.82, 2.24) is 13.9 Å². The molecule has 0 aliphatic carbocycles. The third-order valence-corrected chi connectivity index (χ3v) is 5.90. The molecule has 2 aromatic rings. The zero-order valence-corrected chi connectivity index (χ0v) is 13.6. The van der Waals surface area contributed by atoms with Crippen molar-refractivity contribution in [2.24, 2.45) is 13.0 Å². The van der Waals surface area contributed by atoms with Crippen LogP contribution in [0, 0.1) is 11.7 Å². The fourth-order valence-electron chi connectivity index (χ4n) is 2.92. The smallest absolute Gasteiger partial charge is 0.308 e. The molecule has 0 radical (unpaired) electrons. The number of aliphatic carboxylic acids is 1. The van der Waals surface area contributed by atoms with Gasteiger partial charge in [-0.3, -0.25) is 4.79 Å². The molecule has 1 fully saturated rings. The zero-order chi connectivity index (χ0) is 17.5. The molecule has 1 N–H and O–H groups in total. The van der Waals surface area contributed by atoms with E-state index in [1.807, 2.05) is 0 Å². The summed E-state index contributed by atoms with van der Waals surface area (Å²) in [4.78, 5) is 15.4. The lowest BCUT2D eigenvalue weighted by Gasteiger charge is -2.15. The summed E-state index contributed by atoms with van der Waals surface area (Å²) in [6.07, 6.45) is 2.74. The Labute approximate surface area is 138 Å². The van der Waals surface area contributed by atoms with Crippen LogP contribution in [0.15, 0.2) is 41.8 Å². The van der Waals surface area contributed by atoms with Crippen molar-refractivity contribution in [3.8, 4) is 0 Å². The largest absolute Gasteiger partial charge is 0.481 e. The second kappa shape index (κ2) is 5.99. The van der Waals surface area contributed by atoms with Gasteiger partial charge in [0.15, 0.2) is 5.03 Å². The van der Waals surface area contributed by atoms with Crippen LogP contribution in [0.25, 0.3) is 0 Å². The standard InChI is InChI=1S/C15H16FN3O4S/c1-18-8-14(17-9-18)24(22,23)19-6-12(13(7-19)15(20)21)10-2-4-11(16)5-3-10/h2-5,8-9,12-13H,6-7H2,1H3,(H,20,21). The molecule has 2 unspecified atom stereocenters. The van der Waals surface area contributed by atoms with Crippen LogP contribution in [-0.4, -0.2) is 46.4 Å². The van der Waals surface area contributed by atoms with Crippen molar-refractivity contribution >= 4 is 16.0 Å². The maximum atomic E-state index is 13.1. The van der Waals surface area contributed by atoms with Gasteiger partial charge in [-0.15, -0.1) is 0 Å². The van der Waals surface area contributed by atoms with Crippen molar-refractivity contribution < 1.29 is 22.7 Å². The second-order valence-electron chi connectivity index (χ2n) is 5.80. The van der Waals surface area contributed by atoms with Gasteiger partial charge >= 0.3 is 5.97 Å². The van der Waals surface area contributed by atoms with E-state index in [1.165, 1.54) is 41.4 Å². The number of hydrogen-bond acceptors (Lipinski definition) is 4. The van der Waals surface area contributed by atoms with Crippen molar-refractivity contribution in [1.29, 1.82) is 0 Å². The first kappa shape index (κ1) is 16.6. The van der Waals surface area contributed by atoms with Gasteiger partial charge in [0.05, 0.1) is 12.2 Å². The van der Waals surface area contributed by atoms with E-state index in [0.717, 1.165) is 4.31 Å². The van der Waals surface area contributed by atoms with Crippen LogP contribution in [0.1, 0.15) is 11.5 Å². The maximum Gasteiger partial charge on any atom is 0.308 e. The van der Waals surface area contributed by atoms with E-state index in [-0.39, 0.29) is 18.1 Å². The molecule has 0 spiro atoms. The highest BCUT2D eigenvalue weighted by molar-refractivity contribution is 7.89. The zero-order valence-electron chi connectivity index (χ0n) is 12.8. The second-order valence-corrected chi connectivity index (χ2v) is 7.69. The normalized spacial score (nSPS) is 21.9. The Morgan fingerprint density at radius 2 is 1.96 bits per heavy atom. The number of aromatic nitrogens is 2. The number of carboxylic acids is 1. The number of carboxylic acid groups (broad SMARTS) is 1. The van der Waals surface area contributed by atoms with Crippen molar-refractivity contribution in [3.05, 3.63) is 48.2 Å². The van der Waals surface area contributed by atoms with Gasteiger partial charge in [-0.05, 0) is 17.7 Å². The van der Waals surface area contributed by atoms with Gasteiger partial charge in [-0.25, -0.2) is 17.8 Å². The molecule has 9 heteroatoms. The summed E-state index contributed by atoms with van der Waals surface area (Å²) in [5, 5.41) is 9.33. The van der Waals surface area contributed by atoms with Crippen molar-refractivity contribution in [2.45, 2.75) is 10.9 Å². The first-order chi connectivity index (χ1) is 11.3. The number of carbonyl (C=O) groups is 1. The number of imidazole rings is 1. The summed E-state index contributed by atoms with van der Waals surface area (Å²) < 4.78 is 41.0. The summed E-state index contributed by atoms with van der Waals surface area (Å²) in [6.45, 7) is -0.127. The Balaban J connectivity index is 1.93. The Morgan fingerprint density at radius 3 is 2.50 bits per heavy atom. The lowest BCUT2D eigenvalue weighted by atomic mass is 9.89. The summed E-state index contributed by atoms with van der Waals surface area (Å²) in [6, 6.07) is 5.47. The molecule has 2 heterocycles. The number of benzene rings is 1. The van der Waals surface area contributed by atoms with Gasteiger partial charge in [0.1, 0.15) is 5.82 Å². The van der Waals surface area contributed by atoms with Crippen LogP contribution < -0.4 is 0 Å². The number of rotatable bonds is 4. The van der Waals surface area contributed by atoms with Crippen LogP contribution in [0.3, 0.4) is 0 Å². The number of sulfonamides is 1. The third kappa shape index (κ3) is 2.92. The fourth-order valence-corrected chi connectivity index (χ4v) is 4.37. The topological polar surface area (TPSA) is 92.5 Å². The molecule has 128 valence electrons. The van der Waals surface area contributed by atoms with E-state index < -0.39 is 33.6 Å². The third-order valence-electron chi connectivity index (χ3n) is 4.19. The van der Waals surface area contributed by atoms with E-state index in [1.54, 1.807) is 7.05 Å². The quantitative estimate of drug-likeness (QED) is 0.887. The molecule has 2 atom stereocenters. The van der Waals surface area contributed by atoms with Crippen molar-refractivity contribution in [3.63, 3.8) is 0 Å². The van der Waals surface area contributed by atoms with Crippen LogP contribution in [-0.2, 0) is 21.9 Å². The molecule has 3 rings (SSSR count). The molecule has 1 aromatic heterocycles. The van der Waals surface area contributed by atoms with E-state index >= 15 is 0 Å². The van der Waals surface area contributed by atoms with Crippen molar-refractivity contribution in [2.75, 3.05) is 13.1 Å². The molecular formula is C15H16FN3O4S. The van der Waals surface area contributed by atoms with E-state index in [4.69, 9.17) is 0 Å². The Hall–Kier alpha value is -2.26. The van der Waals surface area contributed by atoms with Gasteiger partial charge in [0.25, 0.3) is 10.0 Å². The summed E-state index contributed by atoms with van der Waals surface area (Å²) in [7, 11) is -2.22. The van der Waals surface area contributed by atoms with E-state index in [9.17, 15) is 22.7 Å².